The Morgan fingerprint density at radius 2 is 2.33 bits per heavy atom. The Labute approximate surface area is 105 Å². The molecule has 0 aliphatic rings. The van der Waals surface area contributed by atoms with Crippen molar-refractivity contribution in [3.05, 3.63) is 28.5 Å². The van der Waals surface area contributed by atoms with Gasteiger partial charge in [0.1, 0.15) is 11.6 Å². The second-order valence-corrected chi connectivity index (χ2v) is 4.28. The summed E-state index contributed by atoms with van der Waals surface area (Å²) >= 11 is 1.43. The number of thiazole rings is 1. The van der Waals surface area contributed by atoms with Gasteiger partial charge in [0.2, 0.25) is 0 Å². The molecule has 18 heavy (non-hydrogen) atoms. The molecule has 94 valence electrons. The third kappa shape index (κ3) is 3.10. The molecule has 0 spiro atoms. The molecule has 0 aliphatic carbocycles. The number of aliphatic carboxylic acids is 1. The summed E-state index contributed by atoms with van der Waals surface area (Å²) in [6.07, 6.45) is 2.93. The van der Waals surface area contributed by atoms with E-state index in [1.165, 1.54) is 17.5 Å². The van der Waals surface area contributed by atoms with Crippen LogP contribution in [0.4, 0.5) is 0 Å². The summed E-state index contributed by atoms with van der Waals surface area (Å²) in [5.74, 6) is -1.46. The molecule has 0 radical (unpaired) electrons. The van der Waals surface area contributed by atoms with Gasteiger partial charge in [-0.05, 0) is 0 Å². The zero-order valence-corrected chi connectivity index (χ0v) is 9.92. The number of nitrogens with one attached hydrogen (secondary N) is 1. The lowest BCUT2D eigenvalue weighted by Crippen LogP contribution is -2.23. The monoisotopic (exact) mass is 267 g/mol. The van der Waals surface area contributed by atoms with Crippen LogP contribution in [0.5, 0.6) is 0 Å². The number of carboxylic acid groups (broad SMARTS) is 1. The van der Waals surface area contributed by atoms with Crippen molar-refractivity contribution in [2.24, 2.45) is 0 Å². The van der Waals surface area contributed by atoms with Gasteiger partial charge in [-0.15, -0.1) is 16.4 Å². The van der Waals surface area contributed by atoms with Gasteiger partial charge in [0.05, 0.1) is 12.7 Å². The van der Waals surface area contributed by atoms with Crippen molar-refractivity contribution in [2.45, 2.75) is 13.1 Å². The molecule has 0 fully saturated rings. The van der Waals surface area contributed by atoms with Gasteiger partial charge >= 0.3 is 5.97 Å². The minimum Gasteiger partial charge on any atom is -0.480 e. The van der Waals surface area contributed by atoms with Crippen molar-refractivity contribution in [1.29, 1.82) is 0 Å². The summed E-state index contributed by atoms with van der Waals surface area (Å²) in [6.45, 7) is -0.0188. The fourth-order valence-electron chi connectivity index (χ4n) is 1.21. The molecule has 0 aromatic carbocycles. The maximum absolute atomic E-state index is 11.6. The number of rotatable bonds is 5. The maximum Gasteiger partial charge on any atom is 0.325 e. The van der Waals surface area contributed by atoms with Crippen LogP contribution in [-0.2, 0) is 17.9 Å². The van der Waals surface area contributed by atoms with E-state index < -0.39 is 11.9 Å². The summed E-state index contributed by atoms with van der Waals surface area (Å²) in [6, 6.07) is 0. The third-order valence-electron chi connectivity index (χ3n) is 1.95. The molecule has 9 heteroatoms. The van der Waals surface area contributed by atoms with Gasteiger partial charge in [0.25, 0.3) is 5.91 Å². The van der Waals surface area contributed by atoms with Crippen LogP contribution in [0.3, 0.4) is 0 Å². The molecule has 1 amide bonds. The summed E-state index contributed by atoms with van der Waals surface area (Å²) in [7, 11) is 0. The highest BCUT2D eigenvalue weighted by atomic mass is 32.1. The van der Waals surface area contributed by atoms with Gasteiger partial charge in [0.15, 0.2) is 5.69 Å². The number of nitrogens with zero attached hydrogens (tertiary/aromatic N) is 4. The van der Waals surface area contributed by atoms with E-state index >= 15 is 0 Å². The van der Waals surface area contributed by atoms with Crippen LogP contribution in [0.15, 0.2) is 17.8 Å². The summed E-state index contributed by atoms with van der Waals surface area (Å²) in [5, 5.41) is 20.9. The standard InChI is InChI=1S/C9H9N5O3S/c15-8(16)5-14-4-6(12-13-14)9(17)11-3-7-10-1-2-18-7/h1-2,4H,3,5H2,(H,11,17)(H,15,16). The van der Waals surface area contributed by atoms with Crippen LogP contribution in [0.25, 0.3) is 0 Å². The van der Waals surface area contributed by atoms with Crippen LogP contribution in [-0.4, -0.2) is 37.0 Å². The molecule has 0 bridgehead atoms. The first-order chi connectivity index (χ1) is 8.65. The van der Waals surface area contributed by atoms with E-state index in [-0.39, 0.29) is 12.2 Å². The number of aromatic nitrogens is 4. The van der Waals surface area contributed by atoms with Crippen molar-refractivity contribution in [1.82, 2.24) is 25.3 Å². The van der Waals surface area contributed by atoms with Crippen molar-refractivity contribution in [2.75, 3.05) is 0 Å². The Kier molecular flexibility index (Phi) is 3.63. The Morgan fingerprint density at radius 3 is 3.00 bits per heavy atom. The highest BCUT2D eigenvalue weighted by Crippen LogP contribution is 2.03. The third-order valence-corrected chi connectivity index (χ3v) is 2.73. The first-order valence-corrected chi connectivity index (χ1v) is 5.81. The van der Waals surface area contributed by atoms with E-state index in [2.05, 4.69) is 20.6 Å². The lowest BCUT2D eigenvalue weighted by Gasteiger charge is -1.98. The number of carbonyl (C=O) groups is 2. The first kappa shape index (κ1) is 12.2. The van der Waals surface area contributed by atoms with E-state index in [4.69, 9.17) is 5.11 Å². The number of carbonyl (C=O) groups excluding carboxylic acids is 1. The first-order valence-electron chi connectivity index (χ1n) is 4.93. The van der Waals surface area contributed by atoms with Gasteiger partial charge in [-0.2, -0.15) is 0 Å². The second kappa shape index (κ2) is 5.36. The molecule has 8 nitrogen and oxygen atoms in total. The Balaban J connectivity index is 1.92. The van der Waals surface area contributed by atoms with Gasteiger partial charge in [-0.3, -0.25) is 9.59 Å². The van der Waals surface area contributed by atoms with Gasteiger partial charge in [-0.25, -0.2) is 9.67 Å². The minimum absolute atomic E-state index is 0.0767. The molecule has 2 N–H and O–H groups in total. The highest BCUT2D eigenvalue weighted by Gasteiger charge is 2.11. The predicted octanol–water partition coefficient (Wildman–Crippen LogP) is -0.251. The molecule has 2 aromatic rings. The molecule has 2 heterocycles. The molecule has 0 atom stereocenters. The Morgan fingerprint density at radius 1 is 1.50 bits per heavy atom. The van der Waals surface area contributed by atoms with Crippen LogP contribution in [0.1, 0.15) is 15.5 Å². The number of carboxylic acids is 1. The van der Waals surface area contributed by atoms with Crippen molar-refractivity contribution >= 4 is 23.2 Å². The van der Waals surface area contributed by atoms with E-state index in [9.17, 15) is 9.59 Å². The van der Waals surface area contributed by atoms with Gasteiger partial charge in [0, 0.05) is 11.6 Å². The number of hydrogen-bond acceptors (Lipinski definition) is 6. The number of amides is 1. The molecule has 0 saturated carbocycles. The Hall–Kier alpha value is -2.29. The number of hydrogen-bond donors (Lipinski definition) is 2. The normalized spacial score (nSPS) is 10.2. The quantitative estimate of drug-likeness (QED) is 0.773. The van der Waals surface area contributed by atoms with E-state index in [0.717, 1.165) is 9.69 Å². The molecule has 0 saturated heterocycles. The molecule has 0 unspecified atom stereocenters. The fourth-order valence-corrected chi connectivity index (χ4v) is 1.76. The van der Waals surface area contributed by atoms with Crippen LogP contribution in [0.2, 0.25) is 0 Å². The van der Waals surface area contributed by atoms with Crippen molar-refractivity contribution in [3.63, 3.8) is 0 Å². The highest BCUT2D eigenvalue weighted by molar-refractivity contribution is 7.09. The van der Waals surface area contributed by atoms with E-state index in [0.29, 0.717) is 6.54 Å². The summed E-state index contributed by atoms with van der Waals surface area (Å²) in [4.78, 5) is 26.1. The largest absolute Gasteiger partial charge is 0.480 e. The van der Waals surface area contributed by atoms with Crippen LogP contribution in [0, 0.1) is 0 Å². The molecule has 2 rings (SSSR count). The topological polar surface area (TPSA) is 110 Å². The Bertz CT molecular complexity index is 550. The maximum atomic E-state index is 11.6. The van der Waals surface area contributed by atoms with E-state index in [1.807, 2.05) is 5.38 Å². The molecular weight excluding hydrogens is 258 g/mol. The van der Waals surface area contributed by atoms with Crippen molar-refractivity contribution < 1.29 is 14.7 Å². The van der Waals surface area contributed by atoms with E-state index in [1.54, 1.807) is 6.20 Å². The van der Waals surface area contributed by atoms with Gasteiger partial charge < -0.3 is 10.4 Å². The van der Waals surface area contributed by atoms with Crippen LogP contribution < -0.4 is 5.32 Å². The zero-order valence-electron chi connectivity index (χ0n) is 9.11. The second-order valence-electron chi connectivity index (χ2n) is 3.30. The molecule has 0 aliphatic heterocycles. The average molecular weight is 267 g/mol. The molecular formula is C9H9N5O3S. The predicted molar refractivity (Wildman–Crippen MR) is 60.9 cm³/mol. The van der Waals surface area contributed by atoms with Gasteiger partial charge in [-0.1, -0.05) is 5.21 Å². The lowest BCUT2D eigenvalue weighted by molar-refractivity contribution is -0.137. The van der Waals surface area contributed by atoms with Crippen LogP contribution >= 0.6 is 11.3 Å². The minimum atomic E-state index is -1.05. The molecule has 2 aromatic heterocycles. The zero-order chi connectivity index (χ0) is 13.0. The smallest absolute Gasteiger partial charge is 0.325 e. The fraction of sp³-hybridized carbons (Fsp3) is 0.222. The summed E-state index contributed by atoms with van der Waals surface area (Å²) in [5.41, 5.74) is 0.0767. The SMILES string of the molecule is O=C(O)Cn1cc(C(=O)NCc2nccs2)nn1. The lowest BCUT2D eigenvalue weighted by atomic mass is 10.4. The average Bonchev–Trinajstić information content (AvgIpc) is 2.95. The van der Waals surface area contributed by atoms with Crippen molar-refractivity contribution in [3.8, 4) is 0 Å². The summed E-state index contributed by atoms with van der Waals surface area (Å²) < 4.78 is 1.08.